The highest BCUT2D eigenvalue weighted by Gasteiger charge is 1.94. The van der Waals surface area contributed by atoms with E-state index in [-0.39, 0.29) is 0 Å². The van der Waals surface area contributed by atoms with Gasteiger partial charge >= 0.3 is 0 Å². The lowest BCUT2D eigenvalue weighted by atomic mass is 10.1. The lowest BCUT2D eigenvalue weighted by molar-refractivity contribution is 0.964. The first-order valence-corrected chi connectivity index (χ1v) is 6.51. The molecule has 0 bridgehead atoms. The molecular weight excluding hydrogens is 232 g/mol. The zero-order valence-electron chi connectivity index (χ0n) is 11.9. The third-order valence-corrected chi connectivity index (χ3v) is 2.70. The summed E-state index contributed by atoms with van der Waals surface area (Å²) in [5, 5.41) is 12.0. The molecule has 1 aromatic rings. The van der Waals surface area contributed by atoms with Gasteiger partial charge in [-0.25, -0.2) is 0 Å². The average Bonchev–Trinajstić information content (AvgIpc) is 2.38. The summed E-state index contributed by atoms with van der Waals surface area (Å²) < 4.78 is 0. The highest BCUT2D eigenvalue weighted by molar-refractivity contribution is 5.50. The Kier molecular flexibility index (Phi) is 6.46. The Balaban J connectivity index is 2.40. The fraction of sp³-hybridized carbons (Fsp3) is 0.294. The number of hydrogen-bond donors (Lipinski definition) is 1. The van der Waals surface area contributed by atoms with E-state index < -0.39 is 0 Å². The van der Waals surface area contributed by atoms with Crippen LogP contribution in [0.25, 0.3) is 0 Å². The van der Waals surface area contributed by atoms with Gasteiger partial charge in [-0.15, -0.1) is 0 Å². The molecule has 2 nitrogen and oxygen atoms in total. The van der Waals surface area contributed by atoms with Crippen LogP contribution in [-0.4, -0.2) is 0 Å². The molecule has 0 heterocycles. The van der Waals surface area contributed by atoms with Crippen LogP contribution in [0.2, 0.25) is 0 Å². The monoisotopic (exact) mass is 253 g/mol. The van der Waals surface area contributed by atoms with Crippen molar-refractivity contribution >= 4 is 5.69 Å². The predicted octanol–water partition coefficient (Wildman–Crippen LogP) is 4.82. The smallest absolute Gasteiger partial charge is 0.0992 e. The Morgan fingerprint density at radius 1 is 1.32 bits per heavy atom. The summed E-state index contributed by atoms with van der Waals surface area (Å²) >= 11 is 0. The third kappa shape index (κ3) is 6.47. The zero-order chi connectivity index (χ0) is 14.1. The van der Waals surface area contributed by atoms with Crippen LogP contribution in [0.4, 0.5) is 5.69 Å². The topological polar surface area (TPSA) is 35.8 Å². The van der Waals surface area contributed by atoms with Crippen molar-refractivity contribution in [2.45, 2.75) is 33.6 Å². The molecule has 0 aliphatic rings. The highest BCUT2D eigenvalue weighted by Crippen LogP contribution is 2.12. The molecule has 1 N–H and O–H groups in total. The van der Waals surface area contributed by atoms with Crippen LogP contribution in [-0.2, 0) is 0 Å². The summed E-state index contributed by atoms with van der Waals surface area (Å²) in [6, 6.07) is 9.59. The molecule has 0 unspecified atom stereocenters. The number of anilines is 1. The van der Waals surface area contributed by atoms with E-state index >= 15 is 0 Å². The van der Waals surface area contributed by atoms with Crippen LogP contribution >= 0.6 is 0 Å². The fourth-order valence-corrected chi connectivity index (χ4v) is 1.63. The number of rotatable bonds is 6. The van der Waals surface area contributed by atoms with Crippen LogP contribution in [0, 0.1) is 17.9 Å². The molecule has 0 aliphatic heterocycles. The Morgan fingerprint density at radius 2 is 2.11 bits per heavy atom. The summed E-state index contributed by atoms with van der Waals surface area (Å²) in [5.41, 5.74) is 4.31. The standard InChI is InChI=1S/C17H21N2/c1-14(2)6-4-7-15(3)10-11-19-17-9-5-8-16(12-17)13-18/h5-6,8-12,19H,4,7H2,1-3H3/b15-10+. The lowest BCUT2D eigenvalue weighted by Crippen LogP contribution is -1.93. The number of nitriles is 1. The summed E-state index contributed by atoms with van der Waals surface area (Å²) in [6.07, 6.45) is 6.49. The molecule has 0 aromatic heterocycles. The van der Waals surface area contributed by atoms with E-state index in [4.69, 9.17) is 5.26 Å². The van der Waals surface area contributed by atoms with Crippen molar-refractivity contribution in [2.75, 3.05) is 5.32 Å². The molecule has 19 heavy (non-hydrogen) atoms. The Hall–Kier alpha value is -2.01. The first-order valence-electron chi connectivity index (χ1n) is 6.51. The minimum Gasteiger partial charge on any atom is -0.376 e. The maximum atomic E-state index is 8.81. The minimum atomic E-state index is 0.669. The lowest BCUT2D eigenvalue weighted by Gasteiger charge is -2.04. The number of hydrogen-bond acceptors (Lipinski definition) is 2. The Bertz CT molecular complexity index is 500. The first-order chi connectivity index (χ1) is 9.11. The Labute approximate surface area is 116 Å². The summed E-state index contributed by atoms with van der Waals surface area (Å²) in [7, 11) is 0. The van der Waals surface area contributed by atoms with E-state index in [2.05, 4.69) is 44.3 Å². The van der Waals surface area contributed by atoms with Gasteiger partial charge in [-0.1, -0.05) is 29.4 Å². The van der Waals surface area contributed by atoms with Crippen molar-refractivity contribution in [1.82, 2.24) is 0 Å². The van der Waals surface area contributed by atoms with Gasteiger partial charge in [-0.3, -0.25) is 0 Å². The van der Waals surface area contributed by atoms with Gasteiger partial charge in [0.05, 0.1) is 18.2 Å². The maximum Gasteiger partial charge on any atom is 0.0992 e. The van der Waals surface area contributed by atoms with Gasteiger partial charge < -0.3 is 5.32 Å². The molecule has 1 aromatic carbocycles. The van der Waals surface area contributed by atoms with E-state index in [0.717, 1.165) is 18.5 Å². The zero-order valence-corrected chi connectivity index (χ0v) is 11.9. The SMILES string of the molecule is CC(C)=CCC/C(C)=C/[CH]Nc1cccc(C#N)c1. The molecule has 0 saturated carbocycles. The minimum absolute atomic E-state index is 0.669. The van der Waals surface area contributed by atoms with Crippen LogP contribution in [0.1, 0.15) is 39.2 Å². The number of benzene rings is 1. The fourth-order valence-electron chi connectivity index (χ4n) is 1.63. The summed E-state index contributed by atoms with van der Waals surface area (Å²) in [5.74, 6) is 0. The highest BCUT2D eigenvalue weighted by atomic mass is 14.9. The average molecular weight is 253 g/mol. The van der Waals surface area contributed by atoms with E-state index in [0.29, 0.717) is 5.56 Å². The van der Waals surface area contributed by atoms with E-state index in [1.165, 1.54) is 11.1 Å². The number of nitrogens with zero attached hydrogens (tertiary/aromatic N) is 1. The largest absolute Gasteiger partial charge is 0.376 e. The van der Waals surface area contributed by atoms with Crippen molar-refractivity contribution in [2.24, 2.45) is 0 Å². The van der Waals surface area contributed by atoms with Crippen molar-refractivity contribution in [1.29, 1.82) is 5.26 Å². The summed E-state index contributed by atoms with van der Waals surface area (Å²) in [6.45, 7) is 8.29. The van der Waals surface area contributed by atoms with Crippen molar-refractivity contribution < 1.29 is 0 Å². The van der Waals surface area contributed by atoms with Crippen LogP contribution < -0.4 is 5.32 Å². The van der Waals surface area contributed by atoms with Gasteiger partial charge in [0, 0.05) is 5.69 Å². The normalized spacial score (nSPS) is 10.7. The van der Waals surface area contributed by atoms with Gasteiger partial charge in [0.2, 0.25) is 0 Å². The molecule has 0 spiro atoms. The van der Waals surface area contributed by atoms with E-state index in [1.807, 2.05) is 24.7 Å². The third-order valence-electron chi connectivity index (χ3n) is 2.70. The van der Waals surface area contributed by atoms with Crippen molar-refractivity contribution in [3.05, 3.63) is 59.7 Å². The molecule has 0 atom stereocenters. The van der Waals surface area contributed by atoms with Crippen molar-refractivity contribution in [3.63, 3.8) is 0 Å². The van der Waals surface area contributed by atoms with E-state index in [1.54, 1.807) is 6.07 Å². The van der Waals surface area contributed by atoms with Crippen LogP contribution in [0.3, 0.4) is 0 Å². The van der Waals surface area contributed by atoms with E-state index in [9.17, 15) is 0 Å². The molecule has 0 fully saturated rings. The molecular formula is C17H21N2. The van der Waals surface area contributed by atoms with Gasteiger partial charge in [-0.05, 0) is 51.8 Å². The molecule has 0 saturated heterocycles. The van der Waals surface area contributed by atoms with Gasteiger partial charge in [0.15, 0.2) is 0 Å². The molecule has 0 amide bonds. The van der Waals surface area contributed by atoms with Crippen LogP contribution in [0.5, 0.6) is 0 Å². The van der Waals surface area contributed by atoms with Gasteiger partial charge in [0.1, 0.15) is 0 Å². The van der Waals surface area contributed by atoms with Crippen molar-refractivity contribution in [3.8, 4) is 6.07 Å². The quantitative estimate of drug-likeness (QED) is 0.737. The second kappa shape index (κ2) is 8.16. The number of allylic oxidation sites excluding steroid dienone is 3. The number of nitrogens with one attached hydrogen (secondary N) is 1. The molecule has 2 heteroatoms. The second-order valence-corrected chi connectivity index (χ2v) is 4.84. The molecule has 1 radical (unpaired) electrons. The Morgan fingerprint density at radius 3 is 2.79 bits per heavy atom. The predicted molar refractivity (Wildman–Crippen MR) is 81.5 cm³/mol. The molecule has 0 aliphatic carbocycles. The second-order valence-electron chi connectivity index (χ2n) is 4.84. The summed E-state index contributed by atoms with van der Waals surface area (Å²) in [4.78, 5) is 0. The molecule has 99 valence electrons. The maximum absolute atomic E-state index is 8.81. The van der Waals surface area contributed by atoms with Gasteiger partial charge in [0.25, 0.3) is 0 Å². The van der Waals surface area contributed by atoms with Crippen LogP contribution in [0.15, 0.2) is 47.6 Å². The first kappa shape index (κ1) is 15.0. The molecule has 1 rings (SSSR count). The van der Waals surface area contributed by atoms with Gasteiger partial charge in [-0.2, -0.15) is 5.26 Å².